The Labute approximate surface area is 117 Å². The van der Waals surface area contributed by atoms with Crippen molar-refractivity contribution in [3.63, 3.8) is 0 Å². The third-order valence-corrected chi connectivity index (χ3v) is 3.42. The van der Waals surface area contributed by atoms with Crippen molar-refractivity contribution in [2.75, 3.05) is 18.9 Å². The average Bonchev–Trinajstić information content (AvgIpc) is 3.27. The minimum atomic E-state index is -0.468. The van der Waals surface area contributed by atoms with Crippen molar-refractivity contribution in [1.82, 2.24) is 4.90 Å². The highest BCUT2D eigenvalue weighted by atomic mass is 16.6. The van der Waals surface area contributed by atoms with E-state index in [1.54, 1.807) is 19.2 Å². The van der Waals surface area contributed by atoms with Gasteiger partial charge in [0.25, 0.3) is 11.6 Å². The van der Waals surface area contributed by atoms with E-state index in [2.05, 4.69) is 5.32 Å². The SMILES string of the molecule is CCCN(C(=O)c1ccc(NC)c([N+](=O)[O-])c1)C1CC1. The summed E-state index contributed by atoms with van der Waals surface area (Å²) in [4.78, 5) is 24.9. The molecule has 0 heterocycles. The Bertz CT molecular complexity index is 526. The lowest BCUT2D eigenvalue weighted by molar-refractivity contribution is -0.384. The largest absolute Gasteiger partial charge is 0.383 e. The number of nitro groups is 1. The van der Waals surface area contributed by atoms with E-state index in [-0.39, 0.29) is 11.6 Å². The third-order valence-electron chi connectivity index (χ3n) is 3.42. The minimum Gasteiger partial charge on any atom is -0.383 e. The zero-order chi connectivity index (χ0) is 14.7. The van der Waals surface area contributed by atoms with Crippen molar-refractivity contribution in [1.29, 1.82) is 0 Å². The van der Waals surface area contributed by atoms with E-state index in [0.717, 1.165) is 19.3 Å². The molecule has 0 spiro atoms. The average molecular weight is 277 g/mol. The van der Waals surface area contributed by atoms with E-state index in [1.165, 1.54) is 6.07 Å². The number of nitrogens with zero attached hydrogens (tertiary/aromatic N) is 2. The molecule has 108 valence electrons. The lowest BCUT2D eigenvalue weighted by Gasteiger charge is -2.21. The minimum absolute atomic E-state index is 0.0643. The molecule has 1 fully saturated rings. The van der Waals surface area contributed by atoms with E-state index in [4.69, 9.17) is 0 Å². The molecule has 1 aromatic rings. The van der Waals surface area contributed by atoms with Gasteiger partial charge in [-0.25, -0.2) is 0 Å². The Hall–Kier alpha value is -2.11. The Morgan fingerprint density at radius 1 is 1.50 bits per heavy atom. The summed E-state index contributed by atoms with van der Waals surface area (Å²) >= 11 is 0. The van der Waals surface area contributed by atoms with Crippen LogP contribution in [-0.4, -0.2) is 35.4 Å². The summed E-state index contributed by atoms with van der Waals surface area (Å²) in [6.45, 7) is 2.72. The van der Waals surface area contributed by atoms with E-state index in [0.29, 0.717) is 23.8 Å². The molecule has 1 amide bonds. The molecule has 0 bridgehead atoms. The topological polar surface area (TPSA) is 75.5 Å². The predicted octanol–water partition coefficient (Wildman–Crippen LogP) is 2.65. The Balaban J connectivity index is 2.29. The van der Waals surface area contributed by atoms with Crippen LogP contribution in [0.3, 0.4) is 0 Å². The first-order valence-electron chi connectivity index (χ1n) is 6.85. The highest BCUT2D eigenvalue weighted by Crippen LogP contribution is 2.30. The van der Waals surface area contributed by atoms with Gasteiger partial charge in [0.15, 0.2) is 0 Å². The number of rotatable bonds is 6. The number of benzene rings is 1. The van der Waals surface area contributed by atoms with Gasteiger partial charge < -0.3 is 10.2 Å². The molecule has 6 nitrogen and oxygen atoms in total. The van der Waals surface area contributed by atoms with Gasteiger partial charge in [-0.05, 0) is 31.4 Å². The first-order chi connectivity index (χ1) is 9.58. The van der Waals surface area contributed by atoms with Crippen LogP contribution >= 0.6 is 0 Å². The number of nitro benzene ring substituents is 1. The van der Waals surface area contributed by atoms with Crippen LogP contribution in [0.4, 0.5) is 11.4 Å². The number of carbonyl (C=O) groups is 1. The van der Waals surface area contributed by atoms with Crippen LogP contribution in [0.2, 0.25) is 0 Å². The Morgan fingerprint density at radius 2 is 2.20 bits per heavy atom. The highest BCUT2D eigenvalue weighted by Gasteiger charge is 2.33. The van der Waals surface area contributed by atoms with Gasteiger partial charge in [-0.15, -0.1) is 0 Å². The van der Waals surface area contributed by atoms with Crippen LogP contribution in [0.1, 0.15) is 36.5 Å². The molecular weight excluding hydrogens is 258 g/mol. The fraction of sp³-hybridized carbons (Fsp3) is 0.500. The second-order valence-corrected chi connectivity index (χ2v) is 4.97. The quantitative estimate of drug-likeness (QED) is 0.640. The van der Waals surface area contributed by atoms with Gasteiger partial charge in [0.2, 0.25) is 0 Å². The summed E-state index contributed by atoms with van der Waals surface area (Å²) in [5.41, 5.74) is 0.738. The summed E-state index contributed by atoms with van der Waals surface area (Å²) in [6, 6.07) is 4.90. The smallest absolute Gasteiger partial charge is 0.293 e. The molecule has 1 aliphatic rings. The van der Waals surface area contributed by atoms with E-state index >= 15 is 0 Å². The molecule has 20 heavy (non-hydrogen) atoms. The summed E-state index contributed by atoms with van der Waals surface area (Å²) < 4.78 is 0. The maximum Gasteiger partial charge on any atom is 0.293 e. The molecule has 0 atom stereocenters. The van der Waals surface area contributed by atoms with E-state index in [9.17, 15) is 14.9 Å². The van der Waals surface area contributed by atoms with Crippen molar-refractivity contribution in [2.24, 2.45) is 0 Å². The Morgan fingerprint density at radius 3 is 2.70 bits per heavy atom. The molecule has 1 N–H and O–H groups in total. The molecule has 0 radical (unpaired) electrons. The van der Waals surface area contributed by atoms with Gasteiger partial charge in [-0.3, -0.25) is 14.9 Å². The number of carbonyl (C=O) groups excluding carboxylic acids is 1. The maximum absolute atomic E-state index is 12.5. The zero-order valence-corrected chi connectivity index (χ0v) is 11.8. The molecule has 0 aliphatic heterocycles. The summed E-state index contributed by atoms with van der Waals surface area (Å²) in [5, 5.41) is 13.8. The molecule has 0 unspecified atom stereocenters. The molecular formula is C14H19N3O3. The number of hydrogen-bond donors (Lipinski definition) is 1. The molecule has 1 aromatic carbocycles. The molecule has 0 aromatic heterocycles. The van der Waals surface area contributed by atoms with Gasteiger partial charge >= 0.3 is 0 Å². The first kappa shape index (κ1) is 14.3. The molecule has 1 saturated carbocycles. The lowest BCUT2D eigenvalue weighted by Crippen LogP contribution is -2.33. The van der Waals surface area contributed by atoms with Crippen LogP contribution in [-0.2, 0) is 0 Å². The number of amides is 1. The monoisotopic (exact) mass is 277 g/mol. The number of nitrogens with one attached hydrogen (secondary N) is 1. The zero-order valence-electron chi connectivity index (χ0n) is 11.8. The van der Waals surface area contributed by atoms with Crippen molar-refractivity contribution in [3.8, 4) is 0 Å². The van der Waals surface area contributed by atoms with Gasteiger partial charge in [0.05, 0.1) is 4.92 Å². The molecule has 6 heteroatoms. The van der Waals surface area contributed by atoms with Crippen molar-refractivity contribution >= 4 is 17.3 Å². The van der Waals surface area contributed by atoms with Gasteiger partial charge in [-0.1, -0.05) is 6.92 Å². The molecule has 1 aliphatic carbocycles. The fourth-order valence-electron chi connectivity index (χ4n) is 2.27. The van der Waals surface area contributed by atoms with Crippen LogP contribution in [0, 0.1) is 10.1 Å². The van der Waals surface area contributed by atoms with E-state index < -0.39 is 4.92 Å². The second kappa shape index (κ2) is 5.90. The Kier molecular flexibility index (Phi) is 4.22. The molecule has 0 saturated heterocycles. The van der Waals surface area contributed by atoms with Crippen molar-refractivity contribution in [2.45, 2.75) is 32.2 Å². The second-order valence-electron chi connectivity index (χ2n) is 4.97. The van der Waals surface area contributed by atoms with Crippen LogP contribution in [0.15, 0.2) is 18.2 Å². The third kappa shape index (κ3) is 2.89. The lowest BCUT2D eigenvalue weighted by atomic mass is 10.1. The standard InChI is InChI=1S/C14H19N3O3/c1-3-8-16(11-5-6-11)14(18)10-4-7-12(15-2)13(9-10)17(19)20/h4,7,9,11,15H,3,5-6,8H2,1-2H3. The first-order valence-corrected chi connectivity index (χ1v) is 6.85. The number of anilines is 1. The summed E-state index contributed by atoms with van der Waals surface area (Å²) in [5.74, 6) is -0.111. The van der Waals surface area contributed by atoms with Crippen LogP contribution in [0.25, 0.3) is 0 Å². The van der Waals surface area contributed by atoms with Crippen LogP contribution < -0.4 is 5.32 Å². The van der Waals surface area contributed by atoms with Gasteiger partial charge in [-0.2, -0.15) is 0 Å². The van der Waals surface area contributed by atoms with E-state index in [1.807, 2.05) is 11.8 Å². The number of hydrogen-bond acceptors (Lipinski definition) is 4. The summed E-state index contributed by atoms with van der Waals surface area (Å²) in [6.07, 6.45) is 2.95. The predicted molar refractivity (Wildman–Crippen MR) is 77.0 cm³/mol. The van der Waals surface area contributed by atoms with Crippen molar-refractivity contribution < 1.29 is 9.72 Å². The maximum atomic E-state index is 12.5. The highest BCUT2D eigenvalue weighted by molar-refractivity contribution is 5.96. The van der Waals surface area contributed by atoms with Crippen LogP contribution in [0.5, 0.6) is 0 Å². The van der Waals surface area contributed by atoms with Gasteiger partial charge in [0, 0.05) is 31.3 Å². The molecule has 2 rings (SSSR count). The normalized spacial score (nSPS) is 13.9. The summed E-state index contributed by atoms with van der Waals surface area (Å²) in [7, 11) is 1.62. The van der Waals surface area contributed by atoms with Gasteiger partial charge in [0.1, 0.15) is 5.69 Å². The fourth-order valence-corrected chi connectivity index (χ4v) is 2.27. The van der Waals surface area contributed by atoms with Crippen molar-refractivity contribution in [3.05, 3.63) is 33.9 Å².